The third-order valence-corrected chi connectivity index (χ3v) is 3.03. The van der Waals surface area contributed by atoms with E-state index in [1.807, 2.05) is 43.3 Å². The van der Waals surface area contributed by atoms with Crippen molar-refractivity contribution in [3.05, 3.63) is 42.0 Å². The summed E-state index contributed by atoms with van der Waals surface area (Å²) in [6, 6.07) is 11.7. The molecule has 1 atom stereocenters. The Labute approximate surface area is 112 Å². The largest absolute Gasteiger partial charge is 0.483 e. The molecule has 0 radical (unpaired) electrons. The second kappa shape index (κ2) is 5.71. The molecule has 0 saturated heterocycles. The van der Waals surface area contributed by atoms with Gasteiger partial charge in [0, 0.05) is 24.0 Å². The van der Waals surface area contributed by atoms with E-state index in [-0.39, 0.29) is 18.6 Å². The molecular formula is C15H18N2O2. The summed E-state index contributed by atoms with van der Waals surface area (Å²) < 4.78 is 5.67. The molecule has 2 aromatic rings. The summed E-state index contributed by atoms with van der Waals surface area (Å²) in [5, 5.41) is 4.58. The van der Waals surface area contributed by atoms with E-state index in [0.29, 0.717) is 5.75 Å². The highest BCUT2D eigenvalue weighted by atomic mass is 16.5. The van der Waals surface area contributed by atoms with Gasteiger partial charge in [-0.15, -0.1) is 0 Å². The van der Waals surface area contributed by atoms with E-state index in [1.165, 1.54) is 0 Å². The van der Waals surface area contributed by atoms with E-state index in [0.717, 1.165) is 16.3 Å². The summed E-state index contributed by atoms with van der Waals surface area (Å²) in [4.78, 5) is 11.3. The maximum atomic E-state index is 11.3. The fourth-order valence-electron chi connectivity index (χ4n) is 1.99. The molecule has 2 rings (SSSR count). The highest BCUT2D eigenvalue weighted by molar-refractivity contribution is 5.90. The molecule has 0 saturated carbocycles. The van der Waals surface area contributed by atoms with Gasteiger partial charge in [-0.25, -0.2) is 0 Å². The maximum absolute atomic E-state index is 11.3. The van der Waals surface area contributed by atoms with Gasteiger partial charge in [0.1, 0.15) is 5.75 Å². The summed E-state index contributed by atoms with van der Waals surface area (Å²) in [5.41, 5.74) is 6.87. The van der Waals surface area contributed by atoms with E-state index in [4.69, 9.17) is 10.5 Å². The Hall–Kier alpha value is -2.07. The quantitative estimate of drug-likeness (QED) is 0.881. The number of likely N-dealkylation sites (N-methyl/N-ethyl adjacent to an activating group) is 1. The van der Waals surface area contributed by atoms with Crippen molar-refractivity contribution in [2.75, 3.05) is 13.7 Å². The van der Waals surface area contributed by atoms with Crippen molar-refractivity contribution in [1.82, 2.24) is 5.32 Å². The lowest BCUT2D eigenvalue weighted by Crippen LogP contribution is -2.25. The maximum Gasteiger partial charge on any atom is 0.257 e. The van der Waals surface area contributed by atoms with Crippen LogP contribution in [-0.4, -0.2) is 19.6 Å². The van der Waals surface area contributed by atoms with Crippen LogP contribution in [0.15, 0.2) is 36.4 Å². The number of hydrogen-bond donors (Lipinski definition) is 2. The molecule has 4 heteroatoms. The molecule has 0 aliphatic carbocycles. The molecule has 2 aromatic carbocycles. The van der Waals surface area contributed by atoms with Crippen molar-refractivity contribution in [3.63, 3.8) is 0 Å². The number of carbonyl (C=O) groups is 1. The zero-order valence-electron chi connectivity index (χ0n) is 11.1. The molecule has 1 amide bonds. The summed E-state index contributed by atoms with van der Waals surface area (Å²) in [6.45, 7) is 1.89. The topological polar surface area (TPSA) is 64.3 Å². The molecule has 4 nitrogen and oxygen atoms in total. The van der Waals surface area contributed by atoms with Crippen molar-refractivity contribution < 1.29 is 9.53 Å². The highest BCUT2D eigenvalue weighted by Gasteiger charge is 2.13. The smallest absolute Gasteiger partial charge is 0.257 e. The number of hydrogen-bond acceptors (Lipinski definition) is 3. The van der Waals surface area contributed by atoms with Gasteiger partial charge in [0.15, 0.2) is 6.61 Å². The van der Waals surface area contributed by atoms with Gasteiger partial charge in [-0.1, -0.05) is 36.4 Å². The molecule has 0 aliphatic rings. The summed E-state index contributed by atoms with van der Waals surface area (Å²) in [6.07, 6.45) is 0. The number of rotatable bonds is 4. The first-order valence-electron chi connectivity index (χ1n) is 6.24. The normalized spacial score (nSPS) is 12.2. The predicted octanol–water partition coefficient (Wildman–Crippen LogP) is 1.98. The minimum absolute atomic E-state index is 0.00969. The van der Waals surface area contributed by atoms with Gasteiger partial charge in [-0.05, 0) is 12.3 Å². The lowest BCUT2D eigenvalue weighted by molar-refractivity contribution is -0.122. The van der Waals surface area contributed by atoms with Crippen LogP contribution in [0.5, 0.6) is 5.75 Å². The third kappa shape index (κ3) is 2.85. The number of amides is 1. The first kappa shape index (κ1) is 13.4. The van der Waals surface area contributed by atoms with Crippen LogP contribution in [0.4, 0.5) is 0 Å². The van der Waals surface area contributed by atoms with Crippen LogP contribution in [0.25, 0.3) is 10.8 Å². The Morgan fingerprint density at radius 3 is 2.74 bits per heavy atom. The Balaban J connectivity index is 2.46. The van der Waals surface area contributed by atoms with Gasteiger partial charge in [0.2, 0.25) is 0 Å². The van der Waals surface area contributed by atoms with Crippen LogP contribution in [0.1, 0.15) is 18.5 Å². The molecule has 0 aliphatic heterocycles. The number of carbonyl (C=O) groups excluding carboxylic acids is 1. The van der Waals surface area contributed by atoms with E-state index in [1.54, 1.807) is 7.05 Å². The van der Waals surface area contributed by atoms with Crippen molar-refractivity contribution in [2.45, 2.75) is 13.0 Å². The first-order valence-corrected chi connectivity index (χ1v) is 6.24. The molecule has 0 aromatic heterocycles. The number of fused-ring (bicyclic) bond motifs is 1. The summed E-state index contributed by atoms with van der Waals surface area (Å²) >= 11 is 0. The molecule has 100 valence electrons. The van der Waals surface area contributed by atoms with Crippen molar-refractivity contribution in [1.29, 1.82) is 0 Å². The van der Waals surface area contributed by atoms with Gasteiger partial charge in [0.25, 0.3) is 5.91 Å². The standard InChI is InChI=1S/C15H18N2O2/c1-10(16)12-8-7-11-5-3-4-6-13(11)15(12)19-9-14(18)17-2/h3-8,10H,9,16H2,1-2H3,(H,17,18). The Morgan fingerprint density at radius 1 is 1.32 bits per heavy atom. The Kier molecular flexibility index (Phi) is 4.02. The molecule has 19 heavy (non-hydrogen) atoms. The van der Waals surface area contributed by atoms with Crippen molar-refractivity contribution >= 4 is 16.7 Å². The first-order chi connectivity index (χ1) is 9.13. The highest BCUT2D eigenvalue weighted by Crippen LogP contribution is 2.32. The third-order valence-electron chi connectivity index (χ3n) is 3.03. The number of benzene rings is 2. The lowest BCUT2D eigenvalue weighted by atomic mass is 10.0. The van der Waals surface area contributed by atoms with Gasteiger partial charge in [-0.2, -0.15) is 0 Å². The van der Waals surface area contributed by atoms with Crippen LogP contribution < -0.4 is 15.8 Å². The van der Waals surface area contributed by atoms with Gasteiger partial charge in [0.05, 0.1) is 0 Å². The Morgan fingerprint density at radius 2 is 2.05 bits per heavy atom. The van der Waals surface area contributed by atoms with Gasteiger partial charge in [-0.3, -0.25) is 4.79 Å². The van der Waals surface area contributed by atoms with Crippen LogP contribution >= 0.6 is 0 Å². The zero-order valence-corrected chi connectivity index (χ0v) is 11.1. The number of ether oxygens (including phenoxy) is 1. The fourth-order valence-corrected chi connectivity index (χ4v) is 1.99. The Bertz CT molecular complexity index is 594. The van der Waals surface area contributed by atoms with Crippen LogP contribution in [0.2, 0.25) is 0 Å². The molecule has 0 bridgehead atoms. The SMILES string of the molecule is CNC(=O)COc1c(C(C)N)ccc2ccccc12. The molecule has 3 N–H and O–H groups in total. The second-order valence-electron chi connectivity index (χ2n) is 4.46. The van der Waals surface area contributed by atoms with E-state index < -0.39 is 0 Å². The predicted molar refractivity (Wildman–Crippen MR) is 76.1 cm³/mol. The molecule has 0 heterocycles. The van der Waals surface area contributed by atoms with Crippen molar-refractivity contribution in [3.8, 4) is 5.75 Å². The van der Waals surface area contributed by atoms with Gasteiger partial charge >= 0.3 is 0 Å². The molecule has 0 fully saturated rings. The molecule has 0 spiro atoms. The van der Waals surface area contributed by atoms with Gasteiger partial charge < -0.3 is 15.8 Å². The van der Waals surface area contributed by atoms with E-state index >= 15 is 0 Å². The zero-order chi connectivity index (χ0) is 13.8. The van der Waals surface area contributed by atoms with Crippen LogP contribution in [0, 0.1) is 0 Å². The lowest BCUT2D eigenvalue weighted by Gasteiger charge is -2.16. The minimum atomic E-state index is -0.163. The average molecular weight is 258 g/mol. The average Bonchev–Trinajstić information content (AvgIpc) is 2.43. The second-order valence-corrected chi connectivity index (χ2v) is 4.46. The molecular weight excluding hydrogens is 240 g/mol. The summed E-state index contributed by atoms with van der Waals surface area (Å²) in [5.74, 6) is 0.528. The van der Waals surface area contributed by atoms with Crippen molar-refractivity contribution in [2.24, 2.45) is 5.73 Å². The minimum Gasteiger partial charge on any atom is -0.483 e. The number of nitrogens with one attached hydrogen (secondary N) is 1. The van der Waals surface area contributed by atoms with Crippen LogP contribution in [-0.2, 0) is 4.79 Å². The van der Waals surface area contributed by atoms with E-state index in [9.17, 15) is 4.79 Å². The van der Waals surface area contributed by atoms with Crippen LogP contribution in [0.3, 0.4) is 0 Å². The van der Waals surface area contributed by atoms with E-state index in [2.05, 4.69) is 5.32 Å². The fraction of sp³-hybridized carbons (Fsp3) is 0.267. The molecule has 1 unspecified atom stereocenters. The monoisotopic (exact) mass is 258 g/mol. The summed E-state index contributed by atoms with van der Waals surface area (Å²) in [7, 11) is 1.58. The number of nitrogens with two attached hydrogens (primary N) is 1.